The highest BCUT2D eigenvalue weighted by Gasteiger charge is 2.28. The number of nitrogens with zero attached hydrogens (tertiary/aromatic N) is 4. The molecule has 1 aromatic heterocycles. The minimum Gasteiger partial charge on any atom is -0.341 e. The van der Waals surface area contributed by atoms with Crippen molar-refractivity contribution in [3.05, 3.63) is 42.1 Å². The number of fused-ring (bicyclic) bond motifs is 1. The molecule has 1 aromatic carbocycles. The average Bonchev–Trinajstić information content (AvgIpc) is 2.91. The normalized spacial score (nSPS) is 23.9. The van der Waals surface area contributed by atoms with Crippen molar-refractivity contribution >= 4 is 17.5 Å². The van der Waals surface area contributed by atoms with Crippen molar-refractivity contribution in [1.82, 2.24) is 9.97 Å². The smallest absolute Gasteiger partial charge is 0.227 e. The zero-order valence-corrected chi connectivity index (χ0v) is 13.9. The van der Waals surface area contributed by atoms with E-state index in [-0.39, 0.29) is 0 Å². The van der Waals surface area contributed by atoms with E-state index in [1.54, 1.807) is 0 Å². The number of anilines is 3. The molecule has 0 aliphatic carbocycles. The van der Waals surface area contributed by atoms with E-state index in [1.165, 1.54) is 24.1 Å². The van der Waals surface area contributed by atoms with Gasteiger partial charge in [0.1, 0.15) is 5.82 Å². The molecule has 0 spiro atoms. The van der Waals surface area contributed by atoms with Crippen molar-refractivity contribution in [1.29, 1.82) is 0 Å². The maximum Gasteiger partial charge on any atom is 0.227 e. The monoisotopic (exact) mass is 308 g/mol. The molecule has 0 bridgehead atoms. The van der Waals surface area contributed by atoms with Gasteiger partial charge in [-0.1, -0.05) is 25.1 Å². The predicted octanol–water partition coefficient (Wildman–Crippen LogP) is 3.80. The summed E-state index contributed by atoms with van der Waals surface area (Å²) in [4.78, 5) is 14.1. The van der Waals surface area contributed by atoms with Crippen molar-refractivity contribution in [3.63, 3.8) is 0 Å². The van der Waals surface area contributed by atoms with Crippen molar-refractivity contribution in [2.75, 3.05) is 22.9 Å². The van der Waals surface area contributed by atoms with Crippen molar-refractivity contribution in [2.45, 2.75) is 39.2 Å². The molecule has 2 aliphatic heterocycles. The Kier molecular flexibility index (Phi) is 3.68. The van der Waals surface area contributed by atoms with Gasteiger partial charge in [-0.05, 0) is 49.8 Å². The lowest BCUT2D eigenvalue weighted by molar-refractivity contribution is 0.442. The Hall–Kier alpha value is -2.10. The molecule has 0 saturated carbocycles. The topological polar surface area (TPSA) is 32.3 Å². The van der Waals surface area contributed by atoms with Gasteiger partial charge in [0.25, 0.3) is 0 Å². The van der Waals surface area contributed by atoms with Gasteiger partial charge in [-0.15, -0.1) is 0 Å². The lowest BCUT2D eigenvalue weighted by atomic mass is 10.0. The molecule has 4 nitrogen and oxygen atoms in total. The summed E-state index contributed by atoms with van der Waals surface area (Å²) < 4.78 is 0. The number of rotatable bonds is 2. The first-order valence-electron chi connectivity index (χ1n) is 8.67. The summed E-state index contributed by atoms with van der Waals surface area (Å²) >= 11 is 0. The molecule has 2 aromatic rings. The molecule has 1 fully saturated rings. The van der Waals surface area contributed by atoms with Gasteiger partial charge in [0.05, 0.1) is 0 Å². The number of piperidine rings is 1. The Labute approximate surface area is 138 Å². The van der Waals surface area contributed by atoms with Crippen LogP contribution in [0.25, 0.3) is 0 Å². The van der Waals surface area contributed by atoms with Crippen LogP contribution in [0.1, 0.15) is 32.3 Å². The highest BCUT2D eigenvalue weighted by molar-refractivity contribution is 5.69. The summed E-state index contributed by atoms with van der Waals surface area (Å²) in [5.74, 6) is 2.62. The molecule has 4 heteroatoms. The Morgan fingerprint density at radius 2 is 2.00 bits per heavy atom. The fraction of sp³-hybridized carbons (Fsp3) is 0.474. The molecule has 3 heterocycles. The van der Waals surface area contributed by atoms with Crippen LogP contribution in [0.4, 0.5) is 17.5 Å². The van der Waals surface area contributed by atoms with E-state index in [1.807, 2.05) is 12.3 Å². The van der Waals surface area contributed by atoms with Gasteiger partial charge in [-0.3, -0.25) is 0 Å². The maximum atomic E-state index is 4.90. The van der Waals surface area contributed by atoms with E-state index < -0.39 is 0 Å². The van der Waals surface area contributed by atoms with E-state index in [4.69, 9.17) is 4.98 Å². The molecule has 23 heavy (non-hydrogen) atoms. The Bertz CT molecular complexity index is 699. The third-order valence-electron chi connectivity index (χ3n) is 5.02. The first-order chi connectivity index (χ1) is 11.2. The van der Waals surface area contributed by atoms with Crippen LogP contribution < -0.4 is 9.80 Å². The molecule has 4 rings (SSSR count). The Balaban J connectivity index is 1.66. The van der Waals surface area contributed by atoms with E-state index in [0.29, 0.717) is 6.04 Å². The van der Waals surface area contributed by atoms with E-state index >= 15 is 0 Å². The molecule has 0 N–H and O–H groups in total. The number of para-hydroxylation sites is 1. The van der Waals surface area contributed by atoms with Gasteiger partial charge < -0.3 is 9.80 Å². The zero-order chi connectivity index (χ0) is 15.8. The third-order valence-corrected chi connectivity index (χ3v) is 5.02. The molecule has 0 radical (unpaired) electrons. The fourth-order valence-electron chi connectivity index (χ4n) is 3.91. The SMILES string of the molecule is CC1CCCN(c2nccc(N3c4ccccc4CC3C)n2)C1. The summed E-state index contributed by atoms with van der Waals surface area (Å²) in [6, 6.07) is 11.1. The van der Waals surface area contributed by atoms with Crippen LogP contribution in [-0.2, 0) is 6.42 Å². The quantitative estimate of drug-likeness (QED) is 0.845. The number of benzene rings is 1. The van der Waals surface area contributed by atoms with E-state index in [0.717, 1.165) is 37.2 Å². The number of aromatic nitrogens is 2. The van der Waals surface area contributed by atoms with Crippen LogP contribution in [0.5, 0.6) is 0 Å². The highest BCUT2D eigenvalue weighted by Crippen LogP contribution is 2.37. The second-order valence-electron chi connectivity index (χ2n) is 6.96. The third kappa shape index (κ3) is 2.67. The van der Waals surface area contributed by atoms with Crippen molar-refractivity contribution in [2.24, 2.45) is 5.92 Å². The van der Waals surface area contributed by atoms with Crippen molar-refractivity contribution < 1.29 is 0 Å². The average molecular weight is 308 g/mol. The molecular formula is C19H24N4. The minimum absolute atomic E-state index is 0.440. The standard InChI is InChI=1S/C19H24N4/c1-14-6-5-11-22(13-14)19-20-10-9-18(21-19)23-15(2)12-16-7-3-4-8-17(16)23/h3-4,7-10,14-15H,5-6,11-13H2,1-2H3. The zero-order valence-electron chi connectivity index (χ0n) is 13.9. The first-order valence-corrected chi connectivity index (χ1v) is 8.67. The van der Waals surface area contributed by atoms with E-state index in [9.17, 15) is 0 Å². The van der Waals surface area contributed by atoms with Gasteiger partial charge in [0, 0.05) is 31.0 Å². The molecule has 1 saturated heterocycles. The molecule has 2 aliphatic rings. The summed E-state index contributed by atoms with van der Waals surface area (Å²) in [5.41, 5.74) is 2.70. The molecule has 0 amide bonds. The lowest BCUT2D eigenvalue weighted by Gasteiger charge is -2.32. The summed E-state index contributed by atoms with van der Waals surface area (Å²) in [5, 5.41) is 0. The van der Waals surface area contributed by atoms with Gasteiger partial charge in [-0.2, -0.15) is 4.98 Å². The highest BCUT2D eigenvalue weighted by atomic mass is 15.3. The number of hydrogen-bond acceptors (Lipinski definition) is 4. The maximum absolute atomic E-state index is 4.90. The molecular weight excluding hydrogens is 284 g/mol. The van der Waals surface area contributed by atoms with Gasteiger partial charge in [0.2, 0.25) is 5.95 Å². The van der Waals surface area contributed by atoms with Crippen LogP contribution in [0.3, 0.4) is 0 Å². The van der Waals surface area contributed by atoms with Crippen molar-refractivity contribution in [3.8, 4) is 0 Å². The fourth-order valence-corrected chi connectivity index (χ4v) is 3.91. The van der Waals surface area contributed by atoms with Gasteiger partial charge in [-0.25, -0.2) is 4.98 Å². The largest absolute Gasteiger partial charge is 0.341 e. The van der Waals surface area contributed by atoms with E-state index in [2.05, 4.69) is 52.9 Å². The Morgan fingerprint density at radius 3 is 2.87 bits per heavy atom. The van der Waals surface area contributed by atoms with Crippen LogP contribution >= 0.6 is 0 Å². The van der Waals surface area contributed by atoms with Gasteiger partial charge >= 0.3 is 0 Å². The minimum atomic E-state index is 0.440. The van der Waals surface area contributed by atoms with Crippen LogP contribution in [0, 0.1) is 5.92 Å². The van der Waals surface area contributed by atoms with Crippen LogP contribution in [0.2, 0.25) is 0 Å². The lowest BCUT2D eigenvalue weighted by Crippen LogP contribution is -2.36. The summed E-state index contributed by atoms with van der Waals surface area (Å²) in [7, 11) is 0. The first kappa shape index (κ1) is 14.5. The summed E-state index contributed by atoms with van der Waals surface area (Å²) in [6.45, 7) is 6.72. The molecule has 2 unspecified atom stereocenters. The van der Waals surface area contributed by atoms with Crippen LogP contribution in [0.15, 0.2) is 36.5 Å². The van der Waals surface area contributed by atoms with Gasteiger partial charge in [0.15, 0.2) is 0 Å². The number of hydrogen-bond donors (Lipinski definition) is 0. The second kappa shape index (κ2) is 5.84. The molecule has 120 valence electrons. The van der Waals surface area contributed by atoms with Crippen LogP contribution in [-0.4, -0.2) is 29.1 Å². The second-order valence-corrected chi connectivity index (χ2v) is 6.96. The Morgan fingerprint density at radius 1 is 1.13 bits per heavy atom. The summed E-state index contributed by atoms with van der Waals surface area (Å²) in [6.07, 6.45) is 5.53. The molecule has 2 atom stereocenters. The predicted molar refractivity (Wildman–Crippen MR) is 94.4 cm³/mol.